The van der Waals surface area contributed by atoms with Crippen LogP contribution < -0.4 is 10.1 Å². The number of ether oxygens (including phenoxy) is 1. The third kappa shape index (κ3) is 2.97. The van der Waals surface area contributed by atoms with Crippen molar-refractivity contribution in [3.05, 3.63) is 28.8 Å². The fraction of sp³-hybridized carbons (Fsp3) is 0.533. The van der Waals surface area contributed by atoms with Gasteiger partial charge < -0.3 is 10.1 Å². The van der Waals surface area contributed by atoms with Crippen LogP contribution in [0.25, 0.3) is 0 Å². The third-order valence-corrected chi connectivity index (χ3v) is 4.19. The number of hydrogen-bond donors (Lipinski definition) is 1. The first-order chi connectivity index (χ1) is 9.46. The van der Waals surface area contributed by atoms with Crippen LogP contribution in [0.1, 0.15) is 24.2 Å². The molecule has 1 saturated heterocycles. The summed E-state index contributed by atoms with van der Waals surface area (Å²) in [6, 6.07) is 5.19. The first kappa shape index (κ1) is 15.3. The van der Waals surface area contributed by atoms with Gasteiger partial charge in [0.1, 0.15) is 5.75 Å². The average Bonchev–Trinajstić information content (AvgIpc) is 2.48. The maximum atomic E-state index is 12.8. The lowest BCUT2D eigenvalue weighted by Crippen LogP contribution is -2.57. The summed E-state index contributed by atoms with van der Waals surface area (Å²) in [6.45, 7) is 7.54. The van der Waals surface area contributed by atoms with Gasteiger partial charge in [0.15, 0.2) is 5.78 Å². The second-order valence-electron chi connectivity index (χ2n) is 5.47. The maximum Gasteiger partial charge on any atom is 0.182 e. The quantitative estimate of drug-likeness (QED) is 0.865. The molecule has 0 atom stereocenters. The van der Waals surface area contributed by atoms with Crippen LogP contribution in [0.4, 0.5) is 0 Å². The normalized spacial score (nSPS) is 17.0. The number of halogens is 1. The Labute approximate surface area is 125 Å². The molecule has 1 N–H and O–H groups in total. The van der Waals surface area contributed by atoms with Gasteiger partial charge in [-0.1, -0.05) is 11.6 Å². The molecule has 1 aromatic carbocycles. The molecule has 0 spiro atoms. The van der Waals surface area contributed by atoms with E-state index in [1.54, 1.807) is 25.3 Å². The van der Waals surface area contributed by atoms with Crippen LogP contribution >= 0.6 is 11.6 Å². The number of methoxy groups -OCH3 is 1. The molecule has 1 aliphatic rings. The number of carbonyl (C=O) groups is 1. The zero-order chi connectivity index (χ0) is 14.8. The molecule has 110 valence electrons. The monoisotopic (exact) mass is 296 g/mol. The molecule has 0 aliphatic carbocycles. The summed E-state index contributed by atoms with van der Waals surface area (Å²) in [6.07, 6.45) is 0. The average molecular weight is 297 g/mol. The van der Waals surface area contributed by atoms with Crippen molar-refractivity contribution in [2.24, 2.45) is 0 Å². The van der Waals surface area contributed by atoms with E-state index in [2.05, 4.69) is 10.2 Å². The van der Waals surface area contributed by atoms with Crippen molar-refractivity contribution in [3.8, 4) is 5.75 Å². The second kappa shape index (κ2) is 6.12. The molecule has 0 bridgehead atoms. The number of rotatable bonds is 4. The summed E-state index contributed by atoms with van der Waals surface area (Å²) in [4.78, 5) is 15.0. The highest BCUT2D eigenvalue weighted by atomic mass is 35.5. The summed E-state index contributed by atoms with van der Waals surface area (Å²) in [7, 11) is 1.55. The minimum atomic E-state index is -0.527. The number of ketones is 1. The van der Waals surface area contributed by atoms with E-state index in [4.69, 9.17) is 16.3 Å². The lowest BCUT2D eigenvalue weighted by Gasteiger charge is -2.40. The van der Waals surface area contributed by atoms with Gasteiger partial charge in [-0.25, -0.2) is 0 Å². The van der Waals surface area contributed by atoms with Crippen LogP contribution in [0.3, 0.4) is 0 Å². The zero-order valence-corrected chi connectivity index (χ0v) is 13.0. The number of Topliss-reactive ketones (excluding diaryl/α,β-unsaturated/α-hetero) is 1. The van der Waals surface area contributed by atoms with Gasteiger partial charge >= 0.3 is 0 Å². The molecular formula is C15H21ClN2O2. The zero-order valence-electron chi connectivity index (χ0n) is 12.2. The molecule has 0 unspecified atom stereocenters. The van der Waals surface area contributed by atoms with E-state index < -0.39 is 5.54 Å². The second-order valence-corrected chi connectivity index (χ2v) is 5.88. The molecule has 5 heteroatoms. The molecule has 0 aromatic heterocycles. The summed E-state index contributed by atoms with van der Waals surface area (Å²) < 4.78 is 5.19. The molecule has 2 rings (SSSR count). The summed E-state index contributed by atoms with van der Waals surface area (Å²) >= 11 is 6.01. The Balaban J connectivity index is 2.24. The van der Waals surface area contributed by atoms with Crippen molar-refractivity contribution in [1.82, 2.24) is 10.2 Å². The molecule has 4 nitrogen and oxygen atoms in total. The van der Waals surface area contributed by atoms with E-state index >= 15 is 0 Å². The molecule has 1 aromatic rings. The molecule has 1 aliphatic heterocycles. The highest BCUT2D eigenvalue weighted by Gasteiger charge is 2.35. The van der Waals surface area contributed by atoms with E-state index in [9.17, 15) is 4.79 Å². The molecule has 0 saturated carbocycles. The molecule has 1 fully saturated rings. The largest absolute Gasteiger partial charge is 0.495 e. The predicted octanol–water partition coefficient (Wildman–Crippen LogP) is 2.22. The Hall–Kier alpha value is -1.10. The SMILES string of the molecule is COc1cc(C(=O)C(C)(C)N2CCNCC2)ccc1Cl. The fourth-order valence-electron chi connectivity index (χ4n) is 2.52. The van der Waals surface area contributed by atoms with Crippen molar-refractivity contribution in [1.29, 1.82) is 0 Å². The van der Waals surface area contributed by atoms with Gasteiger partial charge in [-0.05, 0) is 32.0 Å². The van der Waals surface area contributed by atoms with Crippen molar-refractivity contribution in [2.75, 3.05) is 33.3 Å². The Bertz CT molecular complexity index is 497. The highest BCUT2D eigenvalue weighted by molar-refractivity contribution is 6.32. The Morgan fingerprint density at radius 2 is 2.00 bits per heavy atom. The van der Waals surface area contributed by atoms with Crippen LogP contribution in [0, 0.1) is 0 Å². The third-order valence-electron chi connectivity index (χ3n) is 3.88. The van der Waals surface area contributed by atoms with Gasteiger partial charge in [0.2, 0.25) is 0 Å². The van der Waals surface area contributed by atoms with Crippen LogP contribution in [-0.4, -0.2) is 49.5 Å². The van der Waals surface area contributed by atoms with Crippen molar-refractivity contribution in [3.63, 3.8) is 0 Å². The number of nitrogens with zero attached hydrogens (tertiary/aromatic N) is 1. The van der Waals surface area contributed by atoms with Crippen LogP contribution in [-0.2, 0) is 0 Å². The number of benzene rings is 1. The Kier molecular flexibility index (Phi) is 4.68. The minimum absolute atomic E-state index is 0.0920. The topological polar surface area (TPSA) is 41.6 Å². The summed E-state index contributed by atoms with van der Waals surface area (Å²) in [5, 5.41) is 3.82. The van der Waals surface area contributed by atoms with E-state index in [0.29, 0.717) is 16.3 Å². The lowest BCUT2D eigenvalue weighted by molar-refractivity contribution is 0.0602. The first-order valence-corrected chi connectivity index (χ1v) is 7.18. The van der Waals surface area contributed by atoms with Crippen molar-refractivity contribution >= 4 is 17.4 Å². The predicted molar refractivity (Wildman–Crippen MR) is 80.9 cm³/mol. The van der Waals surface area contributed by atoms with Gasteiger partial charge in [0.25, 0.3) is 0 Å². The van der Waals surface area contributed by atoms with E-state index in [1.807, 2.05) is 13.8 Å². The van der Waals surface area contributed by atoms with E-state index in [1.165, 1.54) is 0 Å². The Morgan fingerprint density at radius 3 is 2.60 bits per heavy atom. The van der Waals surface area contributed by atoms with Gasteiger partial charge in [-0.15, -0.1) is 0 Å². The number of hydrogen-bond acceptors (Lipinski definition) is 4. The van der Waals surface area contributed by atoms with Crippen LogP contribution in [0.5, 0.6) is 5.75 Å². The highest BCUT2D eigenvalue weighted by Crippen LogP contribution is 2.28. The molecule has 20 heavy (non-hydrogen) atoms. The number of carbonyl (C=O) groups excluding carboxylic acids is 1. The standard InChI is InChI=1S/C15H21ClN2O2/c1-15(2,18-8-6-17-7-9-18)14(19)11-4-5-12(16)13(10-11)20-3/h4-5,10,17H,6-9H2,1-3H3. The summed E-state index contributed by atoms with van der Waals surface area (Å²) in [5.74, 6) is 0.628. The Morgan fingerprint density at radius 1 is 1.35 bits per heavy atom. The van der Waals surface area contributed by atoms with Gasteiger partial charge in [-0.2, -0.15) is 0 Å². The molecular weight excluding hydrogens is 276 g/mol. The van der Waals surface area contributed by atoms with Crippen molar-refractivity contribution in [2.45, 2.75) is 19.4 Å². The number of piperazine rings is 1. The first-order valence-electron chi connectivity index (χ1n) is 6.81. The smallest absolute Gasteiger partial charge is 0.182 e. The van der Waals surface area contributed by atoms with Crippen LogP contribution in [0.15, 0.2) is 18.2 Å². The summed E-state index contributed by atoms with van der Waals surface area (Å²) in [5.41, 5.74) is 0.107. The van der Waals surface area contributed by atoms with E-state index in [0.717, 1.165) is 26.2 Å². The van der Waals surface area contributed by atoms with Gasteiger partial charge in [0, 0.05) is 31.7 Å². The fourth-order valence-corrected chi connectivity index (χ4v) is 2.72. The minimum Gasteiger partial charge on any atom is -0.495 e. The van der Waals surface area contributed by atoms with Gasteiger partial charge in [-0.3, -0.25) is 9.69 Å². The molecule has 1 heterocycles. The maximum absolute atomic E-state index is 12.8. The van der Waals surface area contributed by atoms with Crippen LogP contribution in [0.2, 0.25) is 5.02 Å². The lowest BCUT2D eigenvalue weighted by atomic mass is 9.90. The van der Waals surface area contributed by atoms with Gasteiger partial charge in [0.05, 0.1) is 17.7 Å². The molecule has 0 amide bonds. The van der Waals surface area contributed by atoms with Crippen molar-refractivity contribution < 1.29 is 9.53 Å². The molecule has 0 radical (unpaired) electrons. The van der Waals surface area contributed by atoms with E-state index in [-0.39, 0.29) is 5.78 Å². The number of nitrogens with one attached hydrogen (secondary N) is 1.